The maximum absolute atomic E-state index is 13.5. The Bertz CT molecular complexity index is 1580. The Labute approximate surface area is 277 Å². The van der Waals surface area contributed by atoms with Gasteiger partial charge in [-0.25, -0.2) is 0 Å². The molecule has 0 aliphatic carbocycles. The second kappa shape index (κ2) is 15.4. The van der Waals surface area contributed by atoms with Gasteiger partial charge in [-0.15, -0.1) is 5.10 Å². The van der Waals surface area contributed by atoms with Crippen LogP contribution in [-0.2, 0) is 33.9 Å². The largest absolute Gasteiger partial charge is 0.492 e. The Morgan fingerprint density at radius 2 is 1.83 bits per heavy atom. The zero-order valence-corrected chi connectivity index (χ0v) is 26.9. The van der Waals surface area contributed by atoms with Crippen LogP contribution in [0.4, 0.5) is 0 Å². The number of nitrogens with one attached hydrogen (secondary N) is 4. The van der Waals surface area contributed by atoms with Gasteiger partial charge >= 0.3 is 0 Å². The number of aryl methyl sites for hydroxylation is 1. The van der Waals surface area contributed by atoms with Gasteiger partial charge in [-0.05, 0) is 44.2 Å². The van der Waals surface area contributed by atoms with Crippen LogP contribution in [0.2, 0.25) is 5.02 Å². The van der Waals surface area contributed by atoms with Gasteiger partial charge in [0, 0.05) is 37.5 Å². The highest BCUT2D eigenvalue weighted by molar-refractivity contribution is 6.32. The monoisotopic (exact) mass is 666 g/mol. The average Bonchev–Trinajstić information content (AvgIpc) is 3.66. The highest BCUT2D eigenvalue weighted by Gasteiger charge is 2.38. The van der Waals surface area contributed by atoms with Crippen molar-refractivity contribution in [1.29, 1.82) is 0 Å². The number of hydrogen-bond acceptors (Lipinski definition) is 9. The molecule has 14 nitrogen and oxygen atoms in total. The number of carbonyl (C=O) groups excluding carboxylic acids is 4. The lowest BCUT2D eigenvalue weighted by molar-refractivity contribution is -0.135. The molecule has 4 amide bonds. The number of aliphatic hydroxyl groups excluding tert-OH is 1. The van der Waals surface area contributed by atoms with Crippen molar-refractivity contribution in [2.75, 3.05) is 20.2 Å². The number of carbonyl (C=O) groups is 4. The van der Waals surface area contributed by atoms with E-state index in [1.54, 1.807) is 35.0 Å². The van der Waals surface area contributed by atoms with Gasteiger partial charge < -0.3 is 31.1 Å². The van der Waals surface area contributed by atoms with Crippen molar-refractivity contribution in [3.8, 4) is 5.75 Å². The standard InChI is InChI=1S/C32H39ClN8O6/c1-19(42)28-32(46)36-25(13-20-7-4-3-5-8-20)30(44)34-16-23-18-41(39-38-23)11-6-12-47-27-10-9-21(14-24(27)33)29(43)35-22-15-26(31(45)37-28)40(2)17-22/h3-5,7-10,14,18-19,22,25-26,28,42H,6,11-13,15-17H2,1-2H3,(H,34,44)(H,35,43)(H,36,46)(H,37,45)/t19-,22+,25+,26+,28+/m1/s1. The molecule has 47 heavy (non-hydrogen) atoms. The molecule has 1 aromatic heterocycles. The molecule has 250 valence electrons. The number of likely N-dealkylation sites (N-methyl/N-ethyl adjacent to an activating group) is 1. The molecule has 3 aliphatic heterocycles. The summed E-state index contributed by atoms with van der Waals surface area (Å²) in [5.41, 5.74) is 1.66. The molecule has 5 N–H and O–H groups in total. The van der Waals surface area contributed by atoms with E-state index in [0.29, 0.717) is 43.1 Å². The fourth-order valence-corrected chi connectivity index (χ4v) is 5.89. The molecular formula is C32H39ClN8O6. The van der Waals surface area contributed by atoms with Gasteiger partial charge in [0.25, 0.3) is 5.91 Å². The third-order valence-corrected chi connectivity index (χ3v) is 8.47. The van der Waals surface area contributed by atoms with Gasteiger partial charge in [-0.2, -0.15) is 0 Å². The molecule has 2 aromatic carbocycles. The van der Waals surface area contributed by atoms with Crippen LogP contribution in [0, 0.1) is 0 Å². The van der Waals surface area contributed by atoms with E-state index >= 15 is 0 Å². The molecular weight excluding hydrogens is 628 g/mol. The Kier molecular flexibility index (Phi) is 11.1. The molecule has 5 atom stereocenters. The molecule has 0 unspecified atom stereocenters. The smallest absolute Gasteiger partial charge is 0.251 e. The molecule has 6 bridgehead atoms. The van der Waals surface area contributed by atoms with Crippen LogP contribution in [0.1, 0.15) is 41.4 Å². The third-order valence-electron chi connectivity index (χ3n) is 8.18. The first-order chi connectivity index (χ1) is 22.6. The van der Waals surface area contributed by atoms with Crippen molar-refractivity contribution in [3.05, 3.63) is 76.6 Å². The van der Waals surface area contributed by atoms with Gasteiger partial charge in [0.15, 0.2) is 0 Å². The van der Waals surface area contributed by atoms with E-state index in [0.717, 1.165) is 5.56 Å². The molecule has 1 saturated heterocycles. The lowest BCUT2D eigenvalue weighted by Gasteiger charge is -2.27. The minimum Gasteiger partial charge on any atom is -0.492 e. The van der Waals surface area contributed by atoms with Crippen molar-refractivity contribution in [1.82, 2.24) is 41.2 Å². The molecule has 15 heteroatoms. The van der Waals surface area contributed by atoms with Crippen molar-refractivity contribution >= 4 is 35.2 Å². The first-order valence-corrected chi connectivity index (χ1v) is 15.9. The van der Waals surface area contributed by atoms with Crippen LogP contribution in [0.25, 0.3) is 0 Å². The Hall–Kier alpha value is -4.53. The Morgan fingerprint density at radius 3 is 2.57 bits per heavy atom. The van der Waals surface area contributed by atoms with Crippen molar-refractivity contribution in [2.24, 2.45) is 0 Å². The summed E-state index contributed by atoms with van der Waals surface area (Å²) in [5, 5.41) is 30.2. The van der Waals surface area contributed by atoms with Crippen LogP contribution in [0.5, 0.6) is 5.75 Å². The van der Waals surface area contributed by atoms with E-state index in [1.807, 2.05) is 30.3 Å². The van der Waals surface area contributed by atoms with E-state index in [-0.39, 0.29) is 36.4 Å². The van der Waals surface area contributed by atoms with Crippen LogP contribution < -0.4 is 26.0 Å². The second-order valence-electron chi connectivity index (χ2n) is 11.9. The van der Waals surface area contributed by atoms with E-state index in [2.05, 4.69) is 31.6 Å². The third kappa shape index (κ3) is 8.84. The molecule has 3 aromatic rings. The second-order valence-corrected chi connectivity index (χ2v) is 12.3. The molecule has 0 radical (unpaired) electrons. The van der Waals surface area contributed by atoms with Crippen LogP contribution in [-0.4, -0.2) is 99.1 Å². The number of hydrogen-bond donors (Lipinski definition) is 5. The Morgan fingerprint density at radius 1 is 1.04 bits per heavy atom. The van der Waals surface area contributed by atoms with E-state index in [9.17, 15) is 24.3 Å². The predicted molar refractivity (Wildman–Crippen MR) is 171 cm³/mol. The normalized spacial score (nSPS) is 24.2. The SMILES string of the molecule is C[C@@H](O)[C@@H]1NC(=O)[C@@H]2C[C@@H](CN2C)NC(=O)c2ccc(c(Cl)c2)OCCCn2cc(nn2)CNC(=O)[C@H](Cc2ccccc2)NC1=O. The quantitative estimate of drug-likeness (QED) is 0.248. The number of halogens is 1. The van der Waals surface area contributed by atoms with Crippen LogP contribution in [0.15, 0.2) is 54.7 Å². The number of rotatable bonds is 3. The van der Waals surface area contributed by atoms with Crippen molar-refractivity contribution < 1.29 is 29.0 Å². The number of ether oxygens (including phenoxy) is 1. The van der Waals surface area contributed by atoms with E-state index in [1.165, 1.54) is 13.0 Å². The molecule has 0 spiro atoms. The number of amides is 4. The number of likely N-dealkylation sites (tertiary alicyclic amines) is 1. The first kappa shape index (κ1) is 33.8. The molecule has 6 rings (SSSR count). The molecule has 3 aliphatic rings. The summed E-state index contributed by atoms with van der Waals surface area (Å²) in [5.74, 6) is -1.59. The minimum atomic E-state index is -1.34. The maximum Gasteiger partial charge on any atom is 0.251 e. The first-order valence-electron chi connectivity index (χ1n) is 15.5. The molecule has 4 heterocycles. The summed E-state index contributed by atoms with van der Waals surface area (Å²) in [6.07, 6.45) is 1.48. The maximum atomic E-state index is 13.5. The van der Waals surface area contributed by atoms with Crippen molar-refractivity contribution in [2.45, 2.75) is 69.5 Å². The predicted octanol–water partition coefficient (Wildman–Crippen LogP) is 0.426. The molecule has 0 saturated carbocycles. The van der Waals surface area contributed by atoms with E-state index < -0.39 is 42.0 Å². The fourth-order valence-electron chi connectivity index (χ4n) is 5.65. The number of benzene rings is 2. The van der Waals surface area contributed by atoms with Crippen LogP contribution in [0.3, 0.4) is 0 Å². The van der Waals surface area contributed by atoms with Crippen LogP contribution >= 0.6 is 11.6 Å². The zero-order valence-electron chi connectivity index (χ0n) is 26.2. The molecule has 1 fully saturated rings. The highest BCUT2D eigenvalue weighted by Crippen LogP contribution is 2.26. The summed E-state index contributed by atoms with van der Waals surface area (Å²) in [7, 11) is 1.74. The van der Waals surface area contributed by atoms with Gasteiger partial charge in [-0.3, -0.25) is 28.8 Å². The minimum absolute atomic E-state index is 0.0664. The lowest BCUT2D eigenvalue weighted by Crippen LogP contribution is -2.59. The lowest BCUT2D eigenvalue weighted by atomic mass is 10.0. The number of nitrogens with zero attached hydrogens (tertiary/aromatic N) is 4. The van der Waals surface area contributed by atoms with Gasteiger partial charge in [-0.1, -0.05) is 47.1 Å². The van der Waals surface area contributed by atoms with E-state index in [4.69, 9.17) is 16.3 Å². The number of aromatic nitrogens is 3. The van der Waals surface area contributed by atoms with Gasteiger partial charge in [0.2, 0.25) is 17.7 Å². The van der Waals surface area contributed by atoms with Crippen molar-refractivity contribution in [3.63, 3.8) is 0 Å². The Balaban J connectivity index is 1.37. The van der Waals surface area contributed by atoms with Gasteiger partial charge in [0.1, 0.15) is 23.5 Å². The number of aliphatic hydroxyl groups is 1. The summed E-state index contributed by atoms with van der Waals surface area (Å²) in [6.45, 7) is 2.67. The average molecular weight is 667 g/mol. The fraction of sp³-hybridized carbons (Fsp3) is 0.438. The summed E-state index contributed by atoms with van der Waals surface area (Å²) in [4.78, 5) is 55.2. The summed E-state index contributed by atoms with van der Waals surface area (Å²) >= 11 is 6.42. The summed E-state index contributed by atoms with van der Waals surface area (Å²) < 4.78 is 7.45. The number of fused-ring (bicyclic) bond motifs is 14. The van der Waals surface area contributed by atoms with Gasteiger partial charge in [0.05, 0.1) is 36.5 Å². The zero-order chi connectivity index (χ0) is 33.5. The summed E-state index contributed by atoms with van der Waals surface area (Å²) in [6, 6.07) is 10.6. The highest BCUT2D eigenvalue weighted by atomic mass is 35.5. The topological polar surface area (TPSA) is 180 Å².